The molecule has 1 aromatic rings. The molecule has 0 aromatic heterocycles. The zero-order chi connectivity index (χ0) is 16.0. The Hall–Kier alpha value is -2.04. The van der Waals surface area contributed by atoms with Crippen LogP contribution in [0.4, 0.5) is 5.69 Å². The monoisotopic (exact) mass is 291 g/mol. The second kappa shape index (κ2) is 7.11. The van der Waals surface area contributed by atoms with E-state index < -0.39 is 0 Å². The first-order chi connectivity index (χ1) is 9.80. The second-order valence-corrected chi connectivity index (χ2v) is 5.72. The Morgan fingerprint density at radius 3 is 2.48 bits per heavy atom. The van der Waals surface area contributed by atoms with E-state index in [1.807, 2.05) is 39.8 Å². The molecule has 0 unspecified atom stereocenters. The molecule has 0 saturated carbocycles. The van der Waals surface area contributed by atoms with Gasteiger partial charge >= 0.3 is 0 Å². The molecule has 5 heteroatoms. The van der Waals surface area contributed by atoms with E-state index in [-0.39, 0.29) is 23.9 Å². The SMILES string of the molecule is CCC(C)(C)NC(=O)CNc1cccc(C)c1C(=O)NC. The van der Waals surface area contributed by atoms with Gasteiger partial charge in [-0.25, -0.2) is 0 Å². The number of amides is 2. The Bertz CT molecular complexity index is 524. The van der Waals surface area contributed by atoms with Crippen LogP contribution in [0.5, 0.6) is 0 Å². The van der Waals surface area contributed by atoms with E-state index >= 15 is 0 Å². The molecule has 0 radical (unpaired) electrons. The molecule has 0 aliphatic rings. The van der Waals surface area contributed by atoms with E-state index in [0.717, 1.165) is 12.0 Å². The van der Waals surface area contributed by atoms with Gasteiger partial charge in [0.15, 0.2) is 0 Å². The molecule has 0 atom stereocenters. The molecule has 0 saturated heterocycles. The van der Waals surface area contributed by atoms with Gasteiger partial charge in [-0.1, -0.05) is 19.1 Å². The number of aryl methyl sites for hydroxylation is 1. The van der Waals surface area contributed by atoms with Gasteiger partial charge in [0.2, 0.25) is 5.91 Å². The summed E-state index contributed by atoms with van der Waals surface area (Å²) in [7, 11) is 1.59. The van der Waals surface area contributed by atoms with Crippen molar-refractivity contribution in [1.82, 2.24) is 10.6 Å². The van der Waals surface area contributed by atoms with Crippen molar-refractivity contribution in [2.24, 2.45) is 0 Å². The number of hydrogen-bond acceptors (Lipinski definition) is 3. The summed E-state index contributed by atoms with van der Waals surface area (Å²) >= 11 is 0. The van der Waals surface area contributed by atoms with Crippen molar-refractivity contribution >= 4 is 17.5 Å². The number of hydrogen-bond donors (Lipinski definition) is 3. The minimum atomic E-state index is -0.227. The predicted octanol–water partition coefficient (Wildman–Crippen LogP) is 2.07. The summed E-state index contributed by atoms with van der Waals surface area (Å²) < 4.78 is 0. The van der Waals surface area contributed by atoms with Crippen molar-refractivity contribution in [3.8, 4) is 0 Å². The third-order valence-electron chi connectivity index (χ3n) is 3.53. The van der Waals surface area contributed by atoms with Crippen molar-refractivity contribution in [2.75, 3.05) is 18.9 Å². The minimum absolute atomic E-state index is 0.0915. The van der Waals surface area contributed by atoms with Crippen LogP contribution in [0.15, 0.2) is 18.2 Å². The molecule has 0 heterocycles. The van der Waals surface area contributed by atoms with Gasteiger partial charge in [0, 0.05) is 18.3 Å². The Balaban J connectivity index is 2.78. The fraction of sp³-hybridized carbons (Fsp3) is 0.500. The lowest BCUT2D eigenvalue weighted by Crippen LogP contribution is -2.45. The van der Waals surface area contributed by atoms with Crippen LogP contribution in [0.25, 0.3) is 0 Å². The van der Waals surface area contributed by atoms with E-state index in [2.05, 4.69) is 16.0 Å². The summed E-state index contributed by atoms with van der Waals surface area (Å²) in [5.74, 6) is -0.254. The van der Waals surface area contributed by atoms with Gasteiger partial charge in [-0.15, -0.1) is 0 Å². The van der Waals surface area contributed by atoms with E-state index in [1.54, 1.807) is 13.1 Å². The van der Waals surface area contributed by atoms with Gasteiger partial charge in [0.25, 0.3) is 5.91 Å². The molecule has 0 aliphatic carbocycles. The Morgan fingerprint density at radius 2 is 1.90 bits per heavy atom. The predicted molar refractivity (Wildman–Crippen MR) is 85.6 cm³/mol. The third kappa shape index (κ3) is 4.77. The maximum Gasteiger partial charge on any atom is 0.253 e. The molecule has 0 spiro atoms. The Kier molecular flexibility index (Phi) is 5.76. The average molecular weight is 291 g/mol. The van der Waals surface area contributed by atoms with Gasteiger partial charge in [-0.05, 0) is 38.8 Å². The maximum absolute atomic E-state index is 12.0. The van der Waals surface area contributed by atoms with Crippen LogP contribution >= 0.6 is 0 Å². The van der Waals surface area contributed by atoms with Crippen molar-refractivity contribution in [3.05, 3.63) is 29.3 Å². The van der Waals surface area contributed by atoms with Crippen molar-refractivity contribution in [2.45, 2.75) is 39.7 Å². The normalized spacial score (nSPS) is 10.9. The number of rotatable bonds is 6. The zero-order valence-electron chi connectivity index (χ0n) is 13.5. The summed E-state index contributed by atoms with van der Waals surface area (Å²) in [6, 6.07) is 5.53. The van der Waals surface area contributed by atoms with Gasteiger partial charge in [-0.3, -0.25) is 9.59 Å². The van der Waals surface area contributed by atoms with Gasteiger partial charge in [0.05, 0.1) is 12.1 Å². The minimum Gasteiger partial charge on any atom is -0.376 e. The van der Waals surface area contributed by atoms with Crippen LogP contribution in [-0.2, 0) is 4.79 Å². The molecule has 0 bridgehead atoms. The molecule has 21 heavy (non-hydrogen) atoms. The summed E-state index contributed by atoms with van der Waals surface area (Å²) in [5.41, 5.74) is 1.88. The average Bonchev–Trinajstić information content (AvgIpc) is 2.44. The van der Waals surface area contributed by atoms with Crippen LogP contribution in [0.2, 0.25) is 0 Å². The molecule has 116 valence electrons. The lowest BCUT2D eigenvalue weighted by Gasteiger charge is -2.24. The lowest BCUT2D eigenvalue weighted by atomic mass is 10.0. The van der Waals surface area contributed by atoms with Crippen LogP contribution in [0.1, 0.15) is 43.1 Å². The number of anilines is 1. The van der Waals surface area contributed by atoms with Gasteiger partial charge in [0.1, 0.15) is 0 Å². The first kappa shape index (κ1) is 17.0. The van der Waals surface area contributed by atoms with Crippen molar-refractivity contribution < 1.29 is 9.59 Å². The van der Waals surface area contributed by atoms with E-state index in [1.165, 1.54) is 0 Å². The Labute approximate surface area is 126 Å². The highest BCUT2D eigenvalue weighted by molar-refractivity contribution is 6.01. The first-order valence-electron chi connectivity index (χ1n) is 7.17. The van der Waals surface area contributed by atoms with Crippen molar-refractivity contribution in [1.29, 1.82) is 0 Å². The first-order valence-corrected chi connectivity index (χ1v) is 7.17. The molecular formula is C16H25N3O2. The molecule has 1 rings (SSSR count). The maximum atomic E-state index is 12.0. The summed E-state index contributed by atoms with van der Waals surface area (Å²) in [4.78, 5) is 23.9. The lowest BCUT2D eigenvalue weighted by molar-refractivity contribution is -0.121. The van der Waals surface area contributed by atoms with Crippen LogP contribution in [0.3, 0.4) is 0 Å². The number of carbonyl (C=O) groups excluding carboxylic acids is 2. The second-order valence-electron chi connectivity index (χ2n) is 5.72. The van der Waals surface area contributed by atoms with Crippen LogP contribution in [-0.4, -0.2) is 30.9 Å². The summed E-state index contributed by atoms with van der Waals surface area (Å²) in [6.07, 6.45) is 0.854. The Morgan fingerprint density at radius 1 is 1.24 bits per heavy atom. The molecule has 0 aliphatic heterocycles. The van der Waals surface area contributed by atoms with Gasteiger partial charge in [-0.2, -0.15) is 0 Å². The number of nitrogens with one attached hydrogen (secondary N) is 3. The largest absolute Gasteiger partial charge is 0.376 e. The summed E-state index contributed by atoms with van der Waals surface area (Å²) in [6.45, 7) is 7.99. The molecule has 5 nitrogen and oxygen atoms in total. The number of carbonyl (C=O) groups is 2. The summed E-state index contributed by atoms with van der Waals surface area (Å²) in [5, 5.41) is 8.61. The van der Waals surface area contributed by atoms with E-state index in [4.69, 9.17) is 0 Å². The topological polar surface area (TPSA) is 70.2 Å². The quantitative estimate of drug-likeness (QED) is 0.751. The number of benzene rings is 1. The van der Waals surface area contributed by atoms with Crippen molar-refractivity contribution in [3.63, 3.8) is 0 Å². The molecular weight excluding hydrogens is 266 g/mol. The van der Waals surface area contributed by atoms with E-state index in [9.17, 15) is 9.59 Å². The van der Waals surface area contributed by atoms with Crippen LogP contribution in [0, 0.1) is 6.92 Å². The zero-order valence-corrected chi connectivity index (χ0v) is 13.5. The highest BCUT2D eigenvalue weighted by Gasteiger charge is 2.18. The smallest absolute Gasteiger partial charge is 0.253 e. The highest BCUT2D eigenvalue weighted by Crippen LogP contribution is 2.19. The fourth-order valence-electron chi connectivity index (χ4n) is 1.93. The highest BCUT2D eigenvalue weighted by atomic mass is 16.2. The molecule has 0 fully saturated rings. The molecule has 3 N–H and O–H groups in total. The molecule has 2 amide bonds. The molecule has 1 aromatic carbocycles. The third-order valence-corrected chi connectivity index (χ3v) is 3.53. The van der Waals surface area contributed by atoms with Gasteiger partial charge < -0.3 is 16.0 Å². The standard InChI is InChI=1S/C16H25N3O2/c1-6-16(3,4)19-13(20)10-18-12-9-7-8-11(2)14(12)15(21)17-5/h7-9,18H,6,10H2,1-5H3,(H,17,21)(H,19,20). The van der Waals surface area contributed by atoms with E-state index in [0.29, 0.717) is 11.3 Å². The van der Waals surface area contributed by atoms with Crippen LogP contribution < -0.4 is 16.0 Å². The fourth-order valence-corrected chi connectivity index (χ4v) is 1.93.